The molecule has 110 valence electrons. The molecule has 0 fully saturated rings. The normalized spacial score (nSPS) is 9.84. The van der Waals surface area contributed by atoms with Crippen LogP contribution in [0.15, 0.2) is 28.7 Å². The van der Waals surface area contributed by atoms with Gasteiger partial charge in [0.25, 0.3) is 0 Å². The second-order valence-corrected chi connectivity index (χ2v) is 5.42. The van der Waals surface area contributed by atoms with Crippen LogP contribution in [0, 0.1) is 0 Å². The van der Waals surface area contributed by atoms with Gasteiger partial charge in [0.1, 0.15) is 5.75 Å². The lowest BCUT2D eigenvalue weighted by Crippen LogP contribution is -1.96. The average Bonchev–Trinajstić information content (AvgIpc) is 2.38. The van der Waals surface area contributed by atoms with Gasteiger partial charge < -0.3 is 9.84 Å². The highest BCUT2D eigenvalue weighted by Crippen LogP contribution is 2.15. The molecule has 3 heteroatoms. The molecule has 0 unspecified atom stereocenters. The number of phenolic OH excluding ortho intramolecular Hbond substituents is 1. The fraction of sp³-hybridized carbons (Fsp3) is 0.625. The fourth-order valence-electron chi connectivity index (χ4n) is 1.49. The van der Waals surface area contributed by atoms with Gasteiger partial charge in [-0.25, -0.2) is 0 Å². The Balaban J connectivity index is 0.000000356. The smallest absolute Gasteiger partial charge is 0.116 e. The van der Waals surface area contributed by atoms with Gasteiger partial charge in [-0.15, -0.1) is 0 Å². The van der Waals surface area contributed by atoms with Gasteiger partial charge in [0.05, 0.1) is 0 Å². The second-order valence-electron chi connectivity index (χ2n) is 4.51. The van der Waals surface area contributed by atoms with Gasteiger partial charge in [0.2, 0.25) is 0 Å². The number of phenols is 1. The third kappa shape index (κ3) is 13.7. The Morgan fingerprint density at radius 1 is 1.00 bits per heavy atom. The minimum atomic E-state index is 0.291. The number of aromatic hydroxyl groups is 1. The van der Waals surface area contributed by atoms with Crippen molar-refractivity contribution < 1.29 is 9.84 Å². The number of hydrogen-bond acceptors (Lipinski definition) is 2. The van der Waals surface area contributed by atoms with Gasteiger partial charge in [0, 0.05) is 17.7 Å². The van der Waals surface area contributed by atoms with Crippen molar-refractivity contribution in [2.45, 2.75) is 52.4 Å². The number of hydrogen-bond donors (Lipinski definition) is 1. The predicted molar refractivity (Wildman–Crippen MR) is 85.7 cm³/mol. The lowest BCUT2D eigenvalue weighted by atomic mass is 10.2. The first-order chi connectivity index (χ1) is 9.20. The molecule has 1 aromatic carbocycles. The summed E-state index contributed by atoms with van der Waals surface area (Å²) in [4.78, 5) is 0. The van der Waals surface area contributed by atoms with E-state index in [-0.39, 0.29) is 0 Å². The Hall–Kier alpha value is -0.540. The Kier molecular flexibility index (Phi) is 13.5. The number of rotatable bonds is 8. The minimum absolute atomic E-state index is 0.291. The van der Waals surface area contributed by atoms with Crippen LogP contribution in [-0.4, -0.2) is 18.3 Å². The van der Waals surface area contributed by atoms with Gasteiger partial charge in [-0.3, -0.25) is 0 Å². The van der Waals surface area contributed by atoms with Crippen LogP contribution >= 0.6 is 15.9 Å². The zero-order valence-electron chi connectivity index (χ0n) is 12.2. The summed E-state index contributed by atoms with van der Waals surface area (Å²) in [7, 11) is 0. The summed E-state index contributed by atoms with van der Waals surface area (Å²) >= 11 is 3.20. The molecule has 0 aliphatic carbocycles. The first kappa shape index (κ1) is 18.5. The molecule has 0 bridgehead atoms. The van der Waals surface area contributed by atoms with Crippen LogP contribution in [0.4, 0.5) is 0 Å². The number of benzene rings is 1. The maximum atomic E-state index is 8.78. The quantitative estimate of drug-likeness (QED) is 0.634. The molecule has 1 rings (SSSR count). The van der Waals surface area contributed by atoms with Crippen LogP contribution < -0.4 is 0 Å². The summed E-state index contributed by atoms with van der Waals surface area (Å²) in [6.07, 6.45) is 7.68. The van der Waals surface area contributed by atoms with Crippen molar-refractivity contribution >= 4 is 15.9 Å². The van der Waals surface area contributed by atoms with E-state index < -0.39 is 0 Å². The average molecular weight is 331 g/mol. The van der Waals surface area contributed by atoms with Gasteiger partial charge >= 0.3 is 0 Å². The molecule has 0 aliphatic heterocycles. The van der Waals surface area contributed by atoms with Gasteiger partial charge in [-0.2, -0.15) is 0 Å². The molecule has 1 aromatic rings. The van der Waals surface area contributed by atoms with Crippen LogP contribution in [0.5, 0.6) is 5.75 Å². The van der Waals surface area contributed by atoms with Crippen LogP contribution in [0.2, 0.25) is 0 Å². The van der Waals surface area contributed by atoms with Crippen molar-refractivity contribution in [3.05, 3.63) is 28.7 Å². The summed E-state index contributed by atoms with van der Waals surface area (Å²) in [5.74, 6) is 0.291. The summed E-state index contributed by atoms with van der Waals surface area (Å²) in [5, 5.41) is 8.78. The minimum Gasteiger partial charge on any atom is -0.508 e. The van der Waals surface area contributed by atoms with Crippen molar-refractivity contribution in [3.63, 3.8) is 0 Å². The summed E-state index contributed by atoms with van der Waals surface area (Å²) in [5.41, 5.74) is 0. The van der Waals surface area contributed by atoms with E-state index in [1.165, 1.54) is 38.5 Å². The van der Waals surface area contributed by atoms with E-state index >= 15 is 0 Å². The van der Waals surface area contributed by atoms with Crippen molar-refractivity contribution in [2.75, 3.05) is 13.2 Å². The largest absolute Gasteiger partial charge is 0.508 e. The Labute approximate surface area is 126 Å². The van der Waals surface area contributed by atoms with E-state index in [4.69, 9.17) is 9.84 Å². The molecular formula is C16H27BrO2. The molecule has 0 saturated heterocycles. The van der Waals surface area contributed by atoms with Gasteiger partial charge in [-0.05, 0) is 31.0 Å². The first-order valence-electron chi connectivity index (χ1n) is 7.23. The van der Waals surface area contributed by atoms with Crippen LogP contribution in [0.3, 0.4) is 0 Å². The topological polar surface area (TPSA) is 29.5 Å². The maximum Gasteiger partial charge on any atom is 0.116 e. The van der Waals surface area contributed by atoms with E-state index in [0.29, 0.717) is 5.75 Å². The zero-order valence-corrected chi connectivity index (χ0v) is 13.8. The molecule has 0 atom stereocenters. The molecule has 19 heavy (non-hydrogen) atoms. The molecular weight excluding hydrogens is 304 g/mol. The fourth-order valence-corrected chi connectivity index (χ4v) is 1.87. The molecule has 0 saturated carbocycles. The Bertz CT molecular complexity index is 277. The third-order valence-electron chi connectivity index (χ3n) is 2.59. The monoisotopic (exact) mass is 330 g/mol. The molecule has 0 radical (unpaired) electrons. The molecule has 0 aromatic heterocycles. The molecule has 0 amide bonds. The van der Waals surface area contributed by atoms with Gasteiger partial charge in [-0.1, -0.05) is 61.5 Å². The Morgan fingerprint density at radius 3 is 1.95 bits per heavy atom. The van der Waals surface area contributed by atoms with E-state index in [0.717, 1.165) is 17.7 Å². The zero-order chi connectivity index (χ0) is 14.3. The second kappa shape index (κ2) is 13.9. The molecule has 0 aliphatic rings. The summed E-state index contributed by atoms with van der Waals surface area (Å²) in [6.45, 7) is 6.38. The molecule has 2 nitrogen and oxygen atoms in total. The lowest BCUT2D eigenvalue weighted by Gasteiger charge is -2.01. The highest BCUT2D eigenvalue weighted by atomic mass is 79.9. The predicted octanol–water partition coefficient (Wildman–Crippen LogP) is 5.54. The maximum absolute atomic E-state index is 8.78. The summed E-state index contributed by atoms with van der Waals surface area (Å²) in [6, 6.07) is 6.91. The van der Waals surface area contributed by atoms with E-state index in [9.17, 15) is 0 Å². The highest BCUT2D eigenvalue weighted by Gasteiger charge is 1.88. The Morgan fingerprint density at radius 2 is 1.58 bits per heavy atom. The van der Waals surface area contributed by atoms with Gasteiger partial charge in [0.15, 0.2) is 0 Å². The third-order valence-corrected chi connectivity index (χ3v) is 3.09. The van der Waals surface area contributed by atoms with E-state index in [1.54, 1.807) is 18.2 Å². The SMILES string of the molecule is CCCCCOCCCCC.Oc1cccc(Br)c1. The standard InChI is InChI=1S/C10H22O.C6H5BrO/c1-3-5-7-9-11-10-8-6-4-2;7-5-2-1-3-6(8)4-5/h3-10H2,1-2H3;1-4,8H. The molecule has 1 N–H and O–H groups in total. The van der Waals surface area contributed by atoms with Crippen molar-refractivity contribution in [2.24, 2.45) is 0 Å². The van der Waals surface area contributed by atoms with Crippen LogP contribution in [0.25, 0.3) is 0 Å². The number of ether oxygens (including phenoxy) is 1. The highest BCUT2D eigenvalue weighted by molar-refractivity contribution is 9.10. The number of halogens is 1. The number of unbranched alkanes of at least 4 members (excludes halogenated alkanes) is 4. The van der Waals surface area contributed by atoms with Crippen LogP contribution in [0.1, 0.15) is 52.4 Å². The molecule has 0 heterocycles. The van der Waals surface area contributed by atoms with Crippen molar-refractivity contribution in [1.29, 1.82) is 0 Å². The summed E-state index contributed by atoms with van der Waals surface area (Å²) < 4.78 is 6.34. The van der Waals surface area contributed by atoms with Crippen molar-refractivity contribution in [3.8, 4) is 5.75 Å². The molecule has 0 spiro atoms. The lowest BCUT2D eigenvalue weighted by molar-refractivity contribution is 0.126. The van der Waals surface area contributed by atoms with Crippen molar-refractivity contribution in [1.82, 2.24) is 0 Å². The van der Waals surface area contributed by atoms with E-state index in [1.807, 2.05) is 6.07 Å². The first-order valence-corrected chi connectivity index (χ1v) is 8.02. The van der Waals surface area contributed by atoms with Crippen LogP contribution in [-0.2, 0) is 4.74 Å². The van der Waals surface area contributed by atoms with E-state index in [2.05, 4.69) is 29.8 Å².